The molecule has 0 aromatic rings. The van der Waals surface area contributed by atoms with Gasteiger partial charge in [-0.1, -0.05) is 0 Å². The molecule has 4 rings (SSSR count). The van der Waals surface area contributed by atoms with Gasteiger partial charge >= 0.3 is 6.09 Å². The molecule has 2 bridgehead atoms. The normalized spacial score (nSPS) is 34.0. The quantitative estimate of drug-likeness (QED) is 0.820. The summed E-state index contributed by atoms with van der Waals surface area (Å²) in [6.07, 6.45) is 6.11. The number of fused-ring (bicyclic) bond motifs is 2. The summed E-state index contributed by atoms with van der Waals surface area (Å²) in [5, 5.41) is 9.43. The summed E-state index contributed by atoms with van der Waals surface area (Å²) in [6, 6.07) is 0.941. The van der Waals surface area contributed by atoms with Crippen LogP contribution in [0.1, 0.15) is 44.9 Å². The van der Waals surface area contributed by atoms with Gasteiger partial charge in [-0.25, -0.2) is 4.79 Å². The van der Waals surface area contributed by atoms with Crippen LogP contribution in [0, 0.1) is 5.41 Å². The van der Waals surface area contributed by atoms with Crippen LogP contribution in [0.5, 0.6) is 0 Å². The molecular weight excluding hydrogens is 334 g/mol. The number of carboxylic acid groups (broad SMARTS) is 1. The van der Waals surface area contributed by atoms with Gasteiger partial charge in [-0.15, -0.1) is 0 Å². The topological polar surface area (TPSA) is 73.3 Å². The lowest BCUT2D eigenvalue weighted by molar-refractivity contribution is -0.128. The van der Waals surface area contributed by atoms with E-state index >= 15 is 0 Å². The summed E-state index contributed by atoms with van der Waals surface area (Å²) < 4.78 is 5.13. The summed E-state index contributed by atoms with van der Waals surface area (Å²) >= 11 is 0. The minimum atomic E-state index is -0.742. The summed E-state index contributed by atoms with van der Waals surface area (Å²) in [5.41, 5.74) is 0.155. The predicted octanol–water partition coefficient (Wildman–Crippen LogP) is 1.62. The van der Waals surface area contributed by atoms with Gasteiger partial charge in [0.1, 0.15) is 0 Å². The van der Waals surface area contributed by atoms with Gasteiger partial charge in [0.25, 0.3) is 0 Å². The van der Waals surface area contributed by atoms with Crippen molar-refractivity contribution < 1.29 is 19.4 Å². The standard InChI is InChI=1S/C19H31N3O4/c1-26-9-8-21-13-19(12-17(21)23)4-6-20(7-5-19)16-10-14-2-3-15(11-16)22(14)18(24)25/h14-16H,2-13H2,1H3,(H,24,25). The largest absolute Gasteiger partial charge is 0.465 e. The number of ether oxygens (including phenoxy) is 1. The molecular formula is C19H31N3O4. The maximum Gasteiger partial charge on any atom is 0.407 e. The van der Waals surface area contributed by atoms with Gasteiger partial charge in [0, 0.05) is 44.7 Å². The zero-order valence-corrected chi connectivity index (χ0v) is 15.7. The van der Waals surface area contributed by atoms with Crippen LogP contribution in [0.15, 0.2) is 0 Å². The SMILES string of the molecule is COCCN1CC2(CCN(C3CC4CCC(C3)N4C(=O)O)CC2)CC1=O. The highest BCUT2D eigenvalue weighted by molar-refractivity contribution is 5.79. The minimum absolute atomic E-state index is 0.155. The van der Waals surface area contributed by atoms with Gasteiger partial charge in [-0.05, 0) is 57.0 Å². The highest BCUT2D eigenvalue weighted by atomic mass is 16.5. The number of rotatable bonds is 4. The van der Waals surface area contributed by atoms with Crippen molar-refractivity contribution in [2.75, 3.05) is 39.9 Å². The van der Waals surface area contributed by atoms with Crippen molar-refractivity contribution in [3.05, 3.63) is 0 Å². The van der Waals surface area contributed by atoms with Crippen LogP contribution in [-0.2, 0) is 9.53 Å². The second kappa shape index (κ2) is 7.00. The molecule has 7 nitrogen and oxygen atoms in total. The van der Waals surface area contributed by atoms with E-state index in [-0.39, 0.29) is 23.4 Å². The van der Waals surface area contributed by atoms with Crippen molar-refractivity contribution in [1.82, 2.24) is 14.7 Å². The number of methoxy groups -OCH3 is 1. The number of hydrogen-bond acceptors (Lipinski definition) is 4. The fourth-order valence-corrected chi connectivity index (χ4v) is 5.84. The molecule has 7 heteroatoms. The summed E-state index contributed by atoms with van der Waals surface area (Å²) in [5.74, 6) is 0.281. The van der Waals surface area contributed by atoms with Crippen molar-refractivity contribution in [3.63, 3.8) is 0 Å². The predicted molar refractivity (Wildman–Crippen MR) is 96.0 cm³/mol. The molecule has 26 heavy (non-hydrogen) atoms. The smallest absolute Gasteiger partial charge is 0.407 e. The van der Waals surface area contributed by atoms with Gasteiger partial charge in [0.2, 0.25) is 5.91 Å². The molecule has 0 saturated carbocycles. The van der Waals surface area contributed by atoms with E-state index in [0.717, 1.165) is 58.2 Å². The van der Waals surface area contributed by atoms with Gasteiger partial charge in [-0.3, -0.25) is 4.79 Å². The molecule has 4 saturated heterocycles. The Balaban J connectivity index is 1.32. The number of nitrogens with zero attached hydrogens (tertiary/aromatic N) is 3. The second-order valence-corrected chi connectivity index (χ2v) is 8.72. The Hall–Kier alpha value is -1.34. The highest BCUT2D eigenvalue weighted by Crippen LogP contribution is 2.44. The van der Waals surface area contributed by atoms with Crippen LogP contribution in [-0.4, -0.2) is 89.8 Å². The molecule has 0 aliphatic carbocycles. The third-order valence-electron chi connectivity index (χ3n) is 7.27. The van der Waals surface area contributed by atoms with Crippen molar-refractivity contribution in [2.45, 2.75) is 63.1 Å². The van der Waals surface area contributed by atoms with E-state index in [4.69, 9.17) is 4.74 Å². The van der Waals surface area contributed by atoms with Crippen LogP contribution in [0.3, 0.4) is 0 Å². The van der Waals surface area contributed by atoms with Crippen LogP contribution in [0.4, 0.5) is 4.79 Å². The average molecular weight is 365 g/mol. The highest BCUT2D eigenvalue weighted by Gasteiger charge is 2.48. The Morgan fingerprint density at radius 1 is 1.19 bits per heavy atom. The Labute approximate surface area is 155 Å². The number of amides is 2. The second-order valence-electron chi connectivity index (χ2n) is 8.72. The number of hydrogen-bond donors (Lipinski definition) is 1. The molecule has 2 amide bonds. The first-order valence-electron chi connectivity index (χ1n) is 10.0. The molecule has 146 valence electrons. The molecule has 0 radical (unpaired) electrons. The lowest BCUT2D eigenvalue weighted by Gasteiger charge is -2.46. The van der Waals surface area contributed by atoms with Crippen LogP contribution >= 0.6 is 0 Å². The van der Waals surface area contributed by atoms with E-state index in [2.05, 4.69) is 4.90 Å². The zero-order chi connectivity index (χ0) is 18.3. The third-order valence-corrected chi connectivity index (χ3v) is 7.27. The van der Waals surface area contributed by atoms with Gasteiger partial charge < -0.3 is 24.5 Å². The first-order valence-corrected chi connectivity index (χ1v) is 10.0. The van der Waals surface area contributed by atoms with E-state index < -0.39 is 6.09 Å². The monoisotopic (exact) mass is 365 g/mol. The zero-order valence-electron chi connectivity index (χ0n) is 15.7. The van der Waals surface area contributed by atoms with Gasteiger partial charge in [0.15, 0.2) is 0 Å². The molecule has 2 unspecified atom stereocenters. The molecule has 4 heterocycles. The van der Waals surface area contributed by atoms with Crippen LogP contribution in [0.25, 0.3) is 0 Å². The van der Waals surface area contributed by atoms with E-state index in [1.807, 2.05) is 4.90 Å². The number of piperidine rings is 2. The summed E-state index contributed by atoms with van der Waals surface area (Å²) in [6.45, 7) is 4.29. The maximum absolute atomic E-state index is 12.3. The first kappa shape index (κ1) is 18.0. The maximum atomic E-state index is 12.3. The van der Waals surface area contributed by atoms with Crippen LogP contribution < -0.4 is 0 Å². The third kappa shape index (κ3) is 3.20. The van der Waals surface area contributed by atoms with Crippen LogP contribution in [0.2, 0.25) is 0 Å². The lowest BCUT2D eigenvalue weighted by Crippen LogP contribution is -2.54. The Morgan fingerprint density at radius 3 is 2.42 bits per heavy atom. The Bertz CT molecular complexity index is 547. The van der Waals surface area contributed by atoms with E-state index in [1.54, 1.807) is 12.0 Å². The number of carbonyl (C=O) groups is 2. The molecule has 1 spiro atoms. The van der Waals surface area contributed by atoms with Gasteiger partial charge in [-0.2, -0.15) is 0 Å². The minimum Gasteiger partial charge on any atom is -0.465 e. The van der Waals surface area contributed by atoms with Crippen molar-refractivity contribution >= 4 is 12.0 Å². The van der Waals surface area contributed by atoms with E-state index in [0.29, 0.717) is 25.6 Å². The summed E-state index contributed by atoms with van der Waals surface area (Å²) in [4.78, 5) is 30.1. The Kier molecular flexibility index (Phi) is 4.86. The Morgan fingerprint density at radius 2 is 1.85 bits per heavy atom. The average Bonchev–Trinajstić information content (AvgIpc) is 3.07. The molecule has 1 N–H and O–H groups in total. The molecule has 4 aliphatic rings. The number of likely N-dealkylation sites (tertiary alicyclic amines) is 2. The molecule has 0 aromatic carbocycles. The van der Waals surface area contributed by atoms with Crippen molar-refractivity contribution in [1.29, 1.82) is 0 Å². The first-order chi connectivity index (χ1) is 12.5. The molecule has 4 fully saturated rings. The molecule has 2 atom stereocenters. The van der Waals surface area contributed by atoms with Gasteiger partial charge in [0.05, 0.1) is 6.61 Å². The summed E-state index contributed by atoms with van der Waals surface area (Å²) in [7, 11) is 1.68. The number of carbonyl (C=O) groups excluding carboxylic acids is 1. The van der Waals surface area contributed by atoms with E-state index in [1.165, 1.54) is 0 Å². The van der Waals surface area contributed by atoms with Crippen molar-refractivity contribution in [3.8, 4) is 0 Å². The fraction of sp³-hybridized carbons (Fsp3) is 0.895. The molecule has 4 aliphatic heterocycles. The fourth-order valence-electron chi connectivity index (χ4n) is 5.84. The lowest BCUT2D eigenvalue weighted by atomic mass is 9.77. The van der Waals surface area contributed by atoms with Crippen molar-refractivity contribution in [2.24, 2.45) is 5.41 Å². The van der Waals surface area contributed by atoms with E-state index in [9.17, 15) is 14.7 Å². The molecule has 0 aromatic heterocycles.